The maximum atomic E-state index is 7.31. The molecule has 3 N–H and O–H groups in total. The van der Waals surface area contributed by atoms with Crippen LogP contribution in [0.1, 0.15) is 39.1 Å². The van der Waals surface area contributed by atoms with Gasteiger partial charge in [0.05, 0.1) is 23.8 Å². The number of nitrogens with zero attached hydrogens (tertiary/aromatic N) is 1. The maximum Gasteiger partial charge on any atom is 0.0902 e. The number of pyridine rings is 1. The van der Waals surface area contributed by atoms with Crippen LogP contribution in [-0.2, 0) is 13.1 Å². The molecule has 0 saturated heterocycles. The van der Waals surface area contributed by atoms with Crippen molar-refractivity contribution >= 4 is 5.84 Å². The molecule has 4 nitrogen and oxygen atoms in total. The van der Waals surface area contributed by atoms with Crippen LogP contribution in [-0.4, -0.2) is 16.4 Å². The first-order valence-corrected chi connectivity index (χ1v) is 5.86. The highest BCUT2D eigenvalue weighted by molar-refractivity contribution is 5.75. The van der Waals surface area contributed by atoms with E-state index < -0.39 is 0 Å². The highest BCUT2D eigenvalue weighted by Gasteiger charge is 2.08. The van der Waals surface area contributed by atoms with E-state index in [0.29, 0.717) is 12.4 Å². The highest BCUT2D eigenvalue weighted by Crippen LogP contribution is 2.03. The van der Waals surface area contributed by atoms with E-state index in [9.17, 15) is 0 Å². The van der Waals surface area contributed by atoms with Crippen LogP contribution in [0, 0.1) is 5.41 Å². The van der Waals surface area contributed by atoms with Crippen molar-refractivity contribution in [2.75, 3.05) is 0 Å². The molecule has 0 aliphatic heterocycles. The van der Waals surface area contributed by atoms with Crippen LogP contribution < -0.4 is 10.6 Å². The van der Waals surface area contributed by atoms with Crippen molar-refractivity contribution < 1.29 is 0 Å². The summed E-state index contributed by atoms with van der Waals surface area (Å²) in [6.07, 6.45) is 0. The van der Waals surface area contributed by atoms with Crippen LogP contribution in [0.25, 0.3) is 0 Å². The van der Waals surface area contributed by atoms with E-state index in [1.807, 2.05) is 18.2 Å². The first kappa shape index (κ1) is 13.6. The van der Waals surface area contributed by atoms with Gasteiger partial charge in [0.15, 0.2) is 0 Å². The van der Waals surface area contributed by atoms with Crippen molar-refractivity contribution in [3.05, 3.63) is 29.6 Å². The molecule has 0 unspecified atom stereocenters. The molecule has 0 aliphatic carbocycles. The van der Waals surface area contributed by atoms with Crippen LogP contribution in [0.15, 0.2) is 18.2 Å². The number of rotatable bonds is 4. The van der Waals surface area contributed by atoms with Crippen LogP contribution in [0.4, 0.5) is 0 Å². The summed E-state index contributed by atoms with van der Waals surface area (Å²) in [4.78, 5) is 4.53. The quantitative estimate of drug-likeness (QED) is 0.552. The molecule has 0 radical (unpaired) electrons. The van der Waals surface area contributed by atoms with Gasteiger partial charge >= 0.3 is 0 Å². The molecule has 94 valence electrons. The van der Waals surface area contributed by atoms with Gasteiger partial charge in [-0.3, -0.25) is 10.4 Å². The van der Waals surface area contributed by atoms with Gasteiger partial charge < -0.3 is 10.6 Å². The van der Waals surface area contributed by atoms with Crippen molar-refractivity contribution in [3.63, 3.8) is 0 Å². The molecule has 0 amide bonds. The largest absolute Gasteiger partial charge is 0.369 e. The minimum Gasteiger partial charge on any atom is -0.369 e. The van der Waals surface area contributed by atoms with Crippen molar-refractivity contribution in [1.29, 1.82) is 5.41 Å². The monoisotopic (exact) mass is 234 g/mol. The van der Waals surface area contributed by atoms with Crippen molar-refractivity contribution in [3.8, 4) is 0 Å². The van der Waals surface area contributed by atoms with Crippen molar-refractivity contribution in [2.24, 2.45) is 0 Å². The van der Waals surface area contributed by atoms with Crippen LogP contribution in [0.5, 0.6) is 0 Å². The van der Waals surface area contributed by atoms with Gasteiger partial charge in [-0.2, -0.15) is 0 Å². The maximum absolute atomic E-state index is 7.31. The molecule has 0 atom stereocenters. The Kier molecular flexibility index (Phi) is 4.63. The molecule has 1 aromatic heterocycles. The Balaban J connectivity index is 2.56. The van der Waals surface area contributed by atoms with E-state index in [4.69, 9.17) is 5.41 Å². The summed E-state index contributed by atoms with van der Waals surface area (Å²) in [6.45, 7) is 9.51. The Labute approximate surface area is 103 Å². The predicted molar refractivity (Wildman–Crippen MR) is 71.1 cm³/mol. The lowest BCUT2D eigenvalue weighted by Crippen LogP contribution is -2.35. The highest BCUT2D eigenvalue weighted by atomic mass is 15.0. The van der Waals surface area contributed by atoms with E-state index in [2.05, 4.69) is 36.4 Å². The molecule has 0 aliphatic rings. The minimum atomic E-state index is 0.0987. The number of hydrogen-bond acceptors (Lipinski definition) is 3. The van der Waals surface area contributed by atoms with Gasteiger partial charge in [-0.15, -0.1) is 0 Å². The van der Waals surface area contributed by atoms with E-state index in [0.717, 1.165) is 17.9 Å². The normalized spacial score (nSPS) is 11.3. The van der Waals surface area contributed by atoms with Crippen molar-refractivity contribution in [1.82, 2.24) is 15.6 Å². The van der Waals surface area contributed by atoms with E-state index in [-0.39, 0.29) is 5.54 Å². The molecular weight excluding hydrogens is 212 g/mol. The molecule has 17 heavy (non-hydrogen) atoms. The SMILES string of the molecule is CC(=N)NCc1cccc(CNC(C)(C)C)n1. The van der Waals surface area contributed by atoms with Crippen LogP contribution in [0.2, 0.25) is 0 Å². The van der Waals surface area contributed by atoms with Gasteiger partial charge in [-0.1, -0.05) is 6.07 Å². The minimum absolute atomic E-state index is 0.0987. The van der Waals surface area contributed by atoms with Gasteiger partial charge in [0, 0.05) is 12.1 Å². The fourth-order valence-corrected chi connectivity index (χ4v) is 1.31. The zero-order chi connectivity index (χ0) is 12.9. The lowest BCUT2D eigenvalue weighted by Gasteiger charge is -2.20. The summed E-state index contributed by atoms with van der Waals surface area (Å²) in [5.74, 6) is 0.463. The average Bonchev–Trinajstić information content (AvgIpc) is 2.23. The molecule has 1 aromatic rings. The topological polar surface area (TPSA) is 60.8 Å². The number of amidine groups is 1. The third-order valence-corrected chi connectivity index (χ3v) is 2.20. The second-order valence-electron chi connectivity index (χ2n) is 5.20. The Morgan fingerprint density at radius 3 is 2.35 bits per heavy atom. The third-order valence-electron chi connectivity index (χ3n) is 2.20. The molecule has 0 bridgehead atoms. The Morgan fingerprint density at radius 2 is 1.82 bits per heavy atom. The Bertz CT molecular complexity index is 379. The Morgan fingerprint density at radius 1 is 1.24 bits per heavy atom. The second-order valence-corrected chi connectivity index (χ2v) is 5.20. The third kappa shape index (κ3) is 6.02. The zero-order valence-electron chi connectivity index (χ0n) is 11.1. The van der Waals surface area contributed by atoms with Gasteiger partial charge in [-0.05, 0) is 39.8 Å². The molecule has 0 fully saturated rings. The summed E-state index contributed by atoms with van der Waals surface area (Å²) in [7, 11) is 0. The van der Waals surface area contributed by atoms with Gasteiger partial charge in [0.25, 0.3) is 0 Å². The number of nitrogens with one attached hydrogen (secondary N) is 3. The molecule has 0 spiro atoms. The zero-order valence-corrected chi connectivity index (χ0v) is 11.1. The summed E-state index contributed by atoms with van der Waals surface area (Å²) in [5, 5.41) is 13.7. The molecule has 1 heterocycles. The molecule has 0 saturated carbocycles. The summed E-state index contributed by atoms with van der Waals surface area (Å²) < 4.78 is 0. The van der Waals surface area contributed by atoms with Gasteiger partial charge in [0.1, 0.15) is 0 Å². The average molecular weight is 234 g/mol. The fourth-order valence-electron chi connectivity index (χ4n) is 1.31. The molecule has 0 aromatic carbocycles. The standard InChI is InChI=1S/C13H22N4/c1-10(14)15-8-11-6-5-7-12(17-11)9-16-13(2,3)4/h5-7,16H,8-9H2,1-4H3,(H2,14,15). The summed E-state index contributed by atoms with van der Waals surface area (Å²) >= 11 is 0. The first-order valence-electron chi connectivity index (χ1n) is 5.86. The summed E-state index contributed by atoms with van der Waals surface area (Å²) in [5.41, 5.74) is 2.09. The predicted octanol–water partition coefficient (Wildman–Crippen LogP) is 2.06. The number of hydrogen-bond donors (Lipinski definition) is 3. The second kappa shape index (κ2) is 5.77. The lowest BCUT2D eigenvalue weighted by molar-refractivity contribution is 0.421. The molecule has 1 rings (SSSR count). The summed E-state index contributed by atoms with van der Waals surface area (Å²) in [6, 6.07) is 5.99. The smallest absolute Gasteiger partial charge is 0.0902 e. The van der Waals surface area contributed by atoms with Gasteiger partial charge in [0.2, 0.25) is 0 Å². The van der Waals surface area contributed by atoms with Gasteiger partial charge in [-0.25, -0.2) is 0 Å². The first-order chi connectivity index (χ1) is 7.87. The fraction of sp³-hybridized carbons (Fsp3) is 0.538. The lowest BCUT2D eigenvalue weighted by atomic mass is 10.1. The van der Waals surface area contributed by atoms with E-state index in [1.54, 1.807) is 6.92 Å². The van der Waals surface area contributed by atoms with Crippen molar-refractivity contribution in [2.45, 2.75) is 46.3 Å². The molecular formula is C13H22N4. The Hall–Kier alpha value is -1.42. The number of aromatic nitrogens is 1. The van der Waals surface area contributed by atoms with E-state index in [1.165, 1.54) is 0 Å². The van der Waals surface area contributed by atoms with E-state index >= 15 is 0 Å². The van der Waals surface area contributed by atoms with Crippen LogP contribution >= 0.6 is 0 Å². The molecule has 4 heteroatoms. The van der Waals surface area contributed by atoms with Crippen LogP contribution in [0.3, 0.4) is 0 Å².